The van der Waals surface area contributed by atoms with Crippen LogP contribution in [0.2, 0.25) is 0 Å². The molecular formula is C45H75O13P. The van der Waals surface area contributed by atoms with E-state index in [0.717, 1.165) is 103 Å². The molecule has 338 valence electrons. The second-order valence-corrected chi connectivity index (χ2v) is 16.2. The monoisotopic (exact) mass is 854 g/mol. The number of esters is 2. The molecule has 1 aliphatic rings. The third kappa shape index (κ3) is 27.7. The van der Waals surface area contributed by atoms with Gasteiger partial charge in [-0.1, -0.05) is 125 Å². The molecule has 0 aromatic heterocycles. The zero-order valence-corrected chi connectivity index (χ0v) is 36.4. The quantitative estimate of drug-likeness (QED) is 0.0157. The SMILES string of the molecule is CC/C=C\C/C=C\C/C=C\CCCCCCCC(=O)OC[C@H](COP(=O)(O)OC1C(O)C(O)C(O)[C@@H](O)C1O)OC(=O)CCCCCCC/C=C\C/C=C\C/C=C\CC. The van der Waals surface area contributed by atoms with Crippen LogP contribution in [0.5, 0.6) is 0 Å². The highest BCUT2D eigenvalue weighted by Gasteiger charge is 2.51. The van der Waals surface area contributed by atoms with Crippen LogP contribution in [0, 0.1) is 0 Å². The summed E-state index contributed by atoms with van der Waals surface area (Å²) in [6, 6.07) is 0. The summed E-state index contributed by atoms with van der Waals surface area (Å²) in [4.78, 5) is 35.6. The van der Waals surface area contributed by atoms with Crippen LogP contribution >= 0.6 is 7.82 Å². The lowest BCUT2D eigenvalue weighted by molar-refractivity contribution is -0.220. The highest BCUT2D eigenvalue weighted by Crippen LogP contribution is 2.47. The van der Waals surface area contributed by atoms with Crippen molar-refractivity contribution >= 4 is 19.8 Å². The maximum atomic E-state index is 12.8. The molecule has 14 heteroatoms. The normalized spacial score (nSPS) is 23.1. The summed E-state index contributed by atoms with van der Waals surface area (Å²) < 4.78 is 33.4. The fourth-order valence-corrected chi connectivity index (χ4v) is 7.05. The van der Waals surface area contributed by atoms with E-state index >= 15 is 0 Å². The zero-order valence-electron chi connectivity index (χ0n) is 35.5. The minimum Gasteiger partial charge on any atom is -0.462 e. The van der Waals surface area contributed by atoms with Crippen molar-refractivity contribution in [3.8, 4) is 0 Å². The molecule has 13 nitrogen and oxygen atoms in total. The summed E-state index contributed by atoms with van der Waals surface area (Å²) >= 11 is 0. The van der Waals surface area contributed by atoms with Gasteiger partial charge in [0.05, 0.1) is 6.61 Å². The number of hydrogen-bond acceptors (Lipinski definition) is 12. The number of hydrogen-bond donors (Lipinski definition) is 6. The average molecular weight is 855 g/mol. The molecule has 1 fully saturated rings. The molecule has 0 aliphatic heterocycles. The molecule has 0 spiro atoms. The van der Waals surface area contributed by atoms with Crippen molar-refractivity contribution < 1.29 is 63.1 Å². The molecule has 6 unspecified atom stereocenters. The van der Waals surface area contributed by atoms with E-state index in [0.29, 0.717) is 12.8 Å². The lowest BCUT2D eigenvalue weighted by Gasteiger charge is -2.41. The Hall–Kier alpha value is -2.71. The number of aliphatic hydroxyl groups is 5. The van der Waals surface area contributed by atoms with E-state index in [9.17, 15) is 44.6 Å². The largest absolute Gasteiger partial charge is 0.472 e. The predicted octanol–water partition coefficient (Wildman–Crippen LogP) is 7.94. The molecule has 1 saturated carbocycles. The van der Waals surface area contributed by atoms with Gasteiger partial charge in [-0.3, -0.25) is 18.6 Å². The lowest BCUT2D eigenvalue weighted by Crippen LogP contribution is -2.64. The number of phosphoric acid groups is 1. The van der Waals surface area contributed by atoms with Crippen molar-refractivity contribution in [2.45, 2.75) is 185 Å². The number of rotatable bonds is 34. The Bertz CT molecular complexity index is 1310. The molecule has 0 heterocycles. The van der Waals surface area contributed by atoms with Crippen molar-refractivity contribution in [2.24, 2.45) is 0 Å². The van der Waals surface area contributed by atoms with Crippen LogP contribution in [0.25, 0.3) is 0 Å². The molecule has 1 rings (SSSR count). The smallest absolute Gasteiger partial charge is 0.462 e. The van der Waals surface area contributed by atoms with E-state index in [-0.39, 0.29) is 12.8 Å². The van der Waals surface area contributed by atoms with Crippen molar-refractivity contribution in [1.29, 1.82) is 0 Å². The first-order chi connectivity index (χ1) is 28.4. The van der Waals surface area contributed by atoms with Crippen LogP contribution in [-0.2, 0) is 32.7 Å². The third-order valence-corrected chi connectivity index (χ3v) is 10.5. The molecule has 0 aromatic carbocycles. The minimum absolute atomic E-state index is 0.0692. The van der Waals surface area contributed by atoms with Gasteiger partial charge in [0, 0.05) is 12.8 Å². The van der Waals surface area contributed by atoms with Crippen LogP contribution in [0.1, 0.15) is 142 Å². The fraction of sp³-hybridized carbons (Fsp3) is 0.689. The van der Waals surface area contributed by atoms with E-state index in [1.165, 1.54) is 0 Å². The Balaban J connectivity index is 2.52. The fourth-order valence-electron chi connectivity index (χ4n) is 6.08. The number of allylic oxidation sites excluding steroid dienone is 12. The van der Waals surface area contributed by atoms with Gasteiger partial charge in [0.1, 0.15) is 43.2 Å². The van der Waals surface area contributed by atoms with Crippen molar-refractivity contribution in [2.75, 3.05) is 13.2 Å². The molecule has 1 aliphatic carbocycles. The third-order valence-electron chi connectivity index (χ3n) is 9.54. The predicted molar refractivity (Wildman–Crippen MR) is 230 cm³/mol. The van der Waals surface area contributed by atoms with Gasteiger partial charge in [-0.05, 0) is 77.0 Å². The summed E-state index contributed by atoms with van der Waals surface area (Å²) in [5.41, 5.74) is 0. The van der Waals surface area contributed by atoms with E-state index < -0.39 is 75.7 Å². The summed E-state index contributed by atoms with van der Waals surface area (Å²) in [5, 5.41) is 50.1. The van der Waals surface area contributed by atoms with Gasteiger partial charge in [-0.2, -0.15) is 0 Å². The molecule has 0 radical (unpaired) electrons. The van der Waals surface area contributed by atoms with E-state index in [1.54, 1.807) is 0 Å². The Morgan fingerprint density at radius 1 is 0.525 bits per heavy atom. The van der Waals surface area contributed by atoms with Gasteiger partial charge in [-0.15, -0.1) is 0 Å². The van der Waals surface area contributed by atoms with Gasteiger partial charge >= 0.3 is 19.8 Å². The molecular weight excluding hydrogens is 779 g/mol. The molecule has 0 bridgehead atoms. The van der Waals surface area contributed by atoms with Gasteiger partial charge in [0.15, 0.2) is 6.10 Å². The minimum atomic E-state index is -5.13. The Morgan fingerprint density at radius 3 is 1.39 bits per heavy atom. The zero-order chi connectivity index (χ0) is 43.6. The number of carbonyl (C=O) groups excluding carboxylic acids is 2. The summed E-state index contributed by atoms with van der Waals surface area (Å²) in [6.45, 7) is 3.02. The first kappa shape index (κ1) is 54.3. The summed E-state index contributed by atoms with van der Waals surface area (Å²) in [7, 11) is -5.13. The number of unbranched alkanes of at least 4 members (excludes halogenated alkanes) is 10. The first-order valence-corrected chi connectivity index (χ1v) is 23.2. The Kier molecular flexibility index (Phi) is 32.2. The summed E-state index contributed by atoms with van der Waals surface area (Å²) in [6.07, 6.45) is 29.6. The molecule has 0 amide bonds. The lowest BCUT2D eigenvalue weighted by atomic mass is 9.85. The second kappa shape index (κ2) is 34.9. The second-order valence-electron chi connectivity index (χ2n) is 14.8. The maximum absolute atomic E-state index is 12.8. The molecule has 6 N–H and O–H groups in total. The van der Waals surface area contributed by atoms with Crippen LogP contribution < -0.4 is 0 Å². The Labute approximate surface area is 353 Å². The maximum Gasteiger partial charge on any atom is 0.472 e. The first-order valence-electron chi connectivity index (χ1n) is 21.7. The van der Waals surface area contributed by atoms with Gasteiger partial charge in [-0.25, -0.2) is 4.57 Å². The van der Waals surface area contributed by atoms with Crippen LogP contribution in [-0.4, -0.2) is 98.3 Å². The number of phosphoric ester groups is 1. The van der Waals surface area contributed by atoms with Gasteiger partial charge in [0.2, 0.25) is 0 Å². The molecule has 0 saturated heterocycles. The topological polar surface area (TPSA) is 210 Å². The van der Waals surface area contributed by atoms with Crippen molar-refractivity contribution in [1.82, 2.24) is 0 Å². The van der Waals surface area contributed by atoms with Gasteiger partial charge < -0.3 is 39.9 Å². The van der Waals surface area contributed by atoms with E-state index in [2.05, 4.69) is 86.8 Å². The Morgan fingerprint density at radius 2 is 0.915 bits per heavy atom. The number of aliphatic hydroxyl groups excluding tert-OH is 5. The van der Waals surface area contributed by atoms with E-state index in [4.69, 9.17) is 18.5 Å². The molecule has 8 atom stereocenters. The van der Waals surface area contributed by atoms with Gasteiger partial charge in [0.25, 0.3) is 0 Å². The standard InChI is InChI=1S/C45H75O13P/c1-3-5-7-9-11-13-15-17-19-21-23-25-27-29-31-33-38(46)55-35-37(36-56-59(53,54)58-45-43(51)41(49)40(48)42(50)44(45)52)57-39(47)34-32-30-28-26-24-22-20-18-16-14-12-10-8-6-4-2/h5-8,11-14,17-20,37,40-45,48-52H,3-4,9-10,15-16,21-36H2,1-2H3,(H,53,54)/b7-5-,8-6-,13-11-,14-12-,19-17-,20-18-/t37-,40?,41-,42?,43?,44?,45?/m1/s1. The van der Waals surface area contributed by atoms with Crippen LogP contribution in [0.15, 0.2) is 72.9 Å². The van der Waals surface area contributed by atoms with Crippen molar-refractivity contribution in [3.05, 3.63) is 72.9 Å². The molecule has 0 aromatic rings. The molecule has 59 heavy (non-hydrogen) atoms. The number of ether oxygens (including phenoxy) is 2. The average Bonchev–Trinajstić information content (AvgIpc) is 3.21. The highest BCUT2D eigenvalue weighted by atomic mass is 31.2. The van der Waals surface area contributed by atoms with E-state index in [1.807, 2.05) is 0 Å². The van der Waals surface area contributed by atoms with Crippen molar-refractivity contribution in [3.63, 3.8) is 0 Å². The van der Waals surface area contributed by atoms with Crippen LogP contribution in [0.3, 0.4) is 0 Å². The number of carbonyl (C=O) groups is 2. The summed E-state index contributed by atoms with van der Waals surface area (Å²) in [5.74, 6) is -1.15. The highest BCUT2D eigenvalue weighted by molar-refractivity contribution is 7.47. The van der Waals surface area contributed by atoms with Crippen LogP contribution in [0.4, 0.5) is 0 Å².